The molecule has 1 aromatic carbocycles. The molecule has 5 heteroatoms. The van der Waals surface area contributed by atoms with E-state index in [1.807, 2.05) is 23.6 Å². The van der Waals surface area contributed by atoms with E-state index in [1.165, 1.54) is 4.70 Å². The number of aliphatic hydroxyl groups is 1. The first-order chi connectivity index (χ1) is 9.33. The Kier molecular flexibility index (Phi) is 3.59. The van der Waals surface area contributed by atoms with Gasteiger partial charge < -0.3 is 14.8 Å². The highest BCUT2D eigenvalue weighted by molar-refractivity contribution is 7.17. The topological polar surface area (TPSA) is 58.1 Å². The average Bonchev–Trinajstić information content (AvgIpc) is 3.08. The van der Waals surface area contributed by atoms with Gasteiger partial charge >= 0.3 is 0 Å². The molecule has 0 spiro atoms. The fraction of sp³-hybridized carbons (Fsp3) is 0.214. The number of imidazole rings is 1. The Morgan fingerprint density at radius 1 is 1.37 bits per heavy atom. The van der Waals surface area contributed by atoms with Gasteiger partial charge in [-0.1, -0.05) is 6.07 Å². The van der Waals surface area contributed by atoms with Crippen LogP contribution in [0.5, 0.6) is 0 Å². The number of thiophene rings is 1. The van der Waals surface area contributed by atoms with Crippen molar-refractivity contribution in [3.8, 4) is 0 Å². The van der Waals surface area contributed by atoms with Crippen molar-refractivity contribution in [2.24, 2.45) is 0 Å². The van der Waals surface area contributed by atoms with E-state index in [9.17, 15) is 5.11 Å². The summed E-state index contributed by atoms with van der Waals surface area (Å²) in [5.41, 5.74) is 0.880. The fourth-order valence-corrected chi connectivity index (χ4v) is 2.70. The van der Waals surface area contributed by atoms with Crippen LogP contribution in [0.2, 0.25) is 0 Å². The Labute approximate surface area is 114 Å². The molecule has 98 valence electrons. The van der Waals surface area contributed by atoms with Crippen molar-refractivity contribution in [2.45, 2.75) is 12.7 Å². The number of aromatic nitrogens is 2. The largest absolute Gasteiger partial charge is 0.386 e. The maximum atomic E-state index is 10.1. The summed E-state index contributed by atoms with van der Waals surface area (Å²) in [6.45, 7) is 0.640. The summed E-state index contributed by atoms with van der Waals surface area (Å²) in [5.74, 6) is 0.764. The van der Waals surface area contributed by atoms with Crippen LogP contribution >= 0.6 is 11.3 Å². The highest BCUT2D eigenvalue weighted by Crippen LogP contribution is 2.24. The van der Waals surface area contributed by atoms with Crippen molar-refractivity contribution >= 4 is 21.4 Å². The lowest BCUT2D eigenvalue weighted by Crippen LogP contribution is -2.07. The molecular formula is C14H14N2O2S. The number of rotatable bonds is 5. The molecule has 0 radical (unpaired) electrons. The molecule has 0 aliphatic heterocycles. The van der Waals surface area contributed by atoms with Crippen LogP contribution in [0.4, 0.5) is 0 Å². The number of aliphatic hydroxyl groups excluding tert-OH is 1. The number of benzene rings is 1. The number of aromatic amines is 1. The molecule has 1 atom stereocenters. The molecule has 4 nitrogen and oxygen atoms in total. The lowest BCUT2D eigenvalue weighted by atomic mass is 10.1. The van der Waals surface area contributed by atoms with Crippen molar-refractivity contribution < 1.29 is 9.84 Å². The van der Waals surface area contributed by atoms with Crippen molar-refractivity contribution in [3.63, 3.8) is 0 Å². The van der Waals surface area contributed by atoms with Crippen molar-refractivity contribution in [1.82, 2.24) is 9.97 Å². The van der Waals surface area contributed by atoms with E-state index in [-0.39, 0.29) is 6.61 Å². The minimum absolute atomic E-state index is 0.260. The predicted octanol–water partition coefficient (Wildman–Crippen LogP) is 2.87. The molecule has 0 aliphatic rings. The van der Waals surface area contributed by atoms with Gasteiger partial charge in [0.25, 0.3) is 0 Å². The van der Waals surface area contributed by atoms with Gasteiger partial charge in [-0.25, -0.2) is 4.98 Å². The second-order valence-electron chi connectivity index (χ2n) is 4.28. The molecule has 2 N–H and O–H groups in total. The molecule has 2 aromatic heterocycles. The normalized spacial score (nSPS) is 12.9. The number of nitrogens with zero attached hydrogens (tertiary/aromatic N) is 1. The molecule has 0 fully saturated rings. The standard InChI is InChI=1S/C14H14N2O2S/c17-12(8-18-9-14-15-4-5-16-14)10-1-2-13-11(7-10)3-6-19-13/h1-7,12,17H,8-9H2,(H,15,16). The minimum atomic E-state index is -0.612. The first-order valence-corrected chi connectivity index (χ1v) is 6.92. The van der Waals surface area contributed by atoms with Crippen molar-refractivity contribution in [3.05, 3.63) is 53.4 Å². The molecule has 3 rings (SSSR count). The smallest absolute Gasteiger partial charge is 0.132 e. The van der Waals surface area contributed by atoms with E-state index in [2.05, 4.69) is 16.0 Å². The maximum absolute atomic E-state index is 10.1. The maximum Gasteiger partial charge on any atom is 0.132 e. The van der Waals surface area contributed by atoms with Gasteiger partial charge in [-0.3, -0.25) is 0 Å². The van der Waals surface area contributed by atoms with Gasteiger partial charge in [-0.15, -0.1) is 11.3 Å². The first kappa shape index (κ1) is 12.3. The van der Waals surface area contributed by atoms with E-state index >= 15 is 0 Å². The van der Waals surface area contributed by atoms with Crippen molar-refractivity contribution in [1.29, 1.82) is 0 Å². The zero-order valence-electron chi connectivity index (χ0n) is 10.2. The summed E-state index contributed by atoms with van der Waals surface area (Å²) in [4.78, 5) is 7.01. The Hall–Kier alpha value is -1.69. The number of H-pyrrole nitrogens is 1. The number of nitrogens with one attached hydrogen (secondary N) is 1. The molecular weight excluding hydrogens is 260 g/mol. The number of hydrogen-bond donors (Lipinski definition) is 2. The van der Waals surface area contributed by atoms with Gasteiger partial charge in [0.05, 0.1) is 6.61 Å². The highest BCUT2D eigenvalue weighted by atomic mass is 32.1. The lowest BCUT2D eigenvalue weighted by molar-refractivity contribution is 0.0255. The fourth-order valence-electron chi connectivity index (χ4n) is 1.93. The lowest BCUT2D eigenvalue weighted by Gasteiger charge is -2.11. The van der Waals surface area contributed by atoms with Crippen LogP contribution < -0.4 is 0 Å². The van der Waals surface area contributed by atoms with Crippen LogP contribution in [0.15, 0.2) is 42.0 Å². The van der Waals surface area contributed by atoms with E-state index in [0.717, 1.165) is 16.8 Å². The van der Waals surface area contributed by atoms with Crippen LogP contribution in [0.25, 0.3) is 10.1 Å². The molecule has 1 unspecified atom stereocenters. The van der Waals surface area contributed by atoms with Crippen LogP contribution in [-0.4, -0.2) is 21.7 Å². The van der Waals surface area contributed by atoms with Gasteiger partial charge in [0, 0.05) is 17.1 Å². The van der Waals surface area contributed by atoms with Crippen LogP contribution in [0.3, 0.4) is 0 Å². The van der Waals surface area contributed by atoms with Crippen molar-refractivity contribution in [2.75, 3.05) is 6.61 Å². The molecule has 0 bridgehead atoms. The molecule has 0 amide bonds. The predicted molar refractivity (Wildman–Crippen MR) is 75.0 cm³/mol. The molecule has 2 heterocycles. The summed E-state index contributed by atoms with van der Waals surface area (Å²) in [5, 5.41) is 13.3. The van der Waals surface area contributed by atoms with Crippen LogP contribution in [0, 0.1) is 0 Å². The third-order valence-corrected chi connectivity index (χ3v) is 3.83. The molecule has 0 saturated heterocycles. The summed E-state index contributed by atoms with van der Waals surface area (Å²) < 4.78 is 6.68. The number of hydrogen-bond acceptors (Lipinski definition) is 4. The van der Waals surface area contributed by atoms with Gasteiger partial charge in [0.15, 0.2) is 0 Å². The Morgan fingerprint density at radius 2 is 2.32 bits per heavy atom. The van der Waals surface area contributed by atoms with E-state index < -0.39 is 6.10 Å². The van der Waals surface area contributed by atoms with Gasteiger partial charge in [-0.05, 0) is 34.5 Å². The van der Waals surface area contributed by atoms with E-state index in [0.29, 0.717) is 6.61 Å². The zero-order chi connectivity index (χ0) is 13.1. The molecule has 3 aromatic rings. The summed E-state index contributed by atoms with van der Waals surface area (Å²) in [6, 6.07) is 8.04. The Bertz CT molecular complexity index is 648. The average molecular weight is 274 g/mol. The third-order valence-electron chi connectivity index (χ3n) is 2.93. The van der Waals surface area contributed by atoms with Gasteiger partial charge in [0.2, 0.25) is 0 Å². The second kappa shape index (κ2) is 5.52. The molecule has 0 saturated carbocycles. The van der Waals surface area contributed by atoms with E-state index in [4.69, 9.17) is 4.74 Å². The Balaban J connectivity index is 1.61. The Morgan fingerprint density at radius 3 is 3.16 bits per heavy atom. The highest BCUT2D eigenvalue weighted by Gasteiger charge is 2.09. The minimum Gasteiger partial charge on any atom is -0.386 e. The van der Waals surface area contributed by atoms with Gasteiger partial charge in [-0.2, -0.15) is 0 Å². The molecule has 19 heavy (non-hydrogen) atoms. The number of ether oxygens (including phenoxy) is 1. The van der Waals surface area contributed by atoms with E-state index in [1.54, 1.807) is 23.7 Å². The zero-order valence-corrected chi connectivity index (χ0v) is 11.1. The second-order valence-corrected chi connectivity index (χ2v) is 5.23. The monoisotopic (exact) mass is 274 g/mol. The van der Waals surface area contributed by atoms with Gasteiger partial charge in [0.1, 0.15) is 18.5 Å². The van der Waals surface area contributed by atoms with Crippen LogP contribution in [-0.2, 0) is 11.3 Å². The SMILES string of the molecule is OC(COCc1ncc[nH]1)c1ccc2sccc2c1. The number of fused-ring (bicyclic) bond motifs is 1. The summed E-state index contributed by atoms with van der Waals surface area (Å²) in [7, 11) is 0. The summed E-state index contributed by atoms with van der Waals surface area (Å²) in [6.07, 6.45) is 2.82. The summed E-state index contributed by atoms with van der Waals surface area (Å²) >= 11 is 1.70. The molecule has 0 aliphatic carbocycles. The van der Waals surface area contributed by atoms with Crippen LogP contribution in [0.1, 0.15) is 17.5 Å². The first-order valence-electron chi connectivity index (χ1n) is 6.04. The third kappa shape index (κ3) is 2.84. The quantitative estimate of drug-likeness (QED) is 0.752.